The lowest BCUT2D eigenvalue weighted by Gasteiger charge is -2.07. The lowest BCUT2D eigenvalue weighted by molar-refractivity contribution is 0.110. The number of carbonyl (C=O) groups is 1. The Morgan fingerprint density at radius 1 is 1.40 bits per heavy atom. The van der Waals surface area contributed by atoms with Crippen molar-refractivity contribution in [2.75, 3.05) is 13.7 Å². The number of para-hydroxylation sites is 2. The van der Waals surface area contributed by atoms with E-state index in [4.69, 9.17) is 15.9 Å². The van der Waals surface area contributed by atoms with Crippen molar-refractivity contribution in [2.24, 2.45) is 0 Å². The summed E-state index contributed by atoms with van der Waals surface area (Å²) in [6.07, 6.45) is 4.07. The molecular formula is C11H10O4. The third kappa shape index (κ3) is 3.24. The average Bonchev–Trinajstić information content (AvgIpc) is 2.27. The predicted octanol–water partition coefficient (Wildman–Crippen LogP) is 1.84. The monoisotopic (exact) mass is 206 g/mol. The summed E-state index contributed by atoms with van der Waals surface area (Å²) in [6.45, 7) is -0.117. The van der Waals surface area contributed by atoms with Gasteiger partial charge in [-0.15, -0.1) is 6.42 Å². The van der Waals surface area contributed by atoms with Gasteiger partial charge in [-0.05, 0) is 12.1 Å². The van der Waals surface area contributed by atoms with Crippen LogP contribution in [-0.4, -0.2) is 19.9 Å². The van der Waals surface area contributed by atoms with E-state index < -0.39 is 6.16 Å². The Kier molecular flexibility index (Phi) is 4.05. The first-order valence-electron chi connectivity index (χ1n) is 4.19. The molecule has 0 saturated carbocycles. The van der Waals surface area contributed by atoms with Crippen LogP contribution >= 0.6 is 0 Å². The molecule has 0 heterocycles. The molecule has 1 rings (SSSR count). The van der Waals surface area contributed by atoms with Crippen molar-refractivity contribution < 1.29 is 19.0 Å². The first-order chi connectivity index (χ1) is 7.27. The topological polar surface area (TPSA) is 44.8 Å². The summed E-state index contributed by atoms with van der Waals surface area (Å²) in [7, 11) is 1.48. The van der Waals surface area contributed by atoms with Crippen LogP contribution < -0.4 is 9.47 Å². The number of hydrogen-bond donors (Lipinski definition) is 0. The summed E-state index contributed by atoms with van der Waals surface area (Å²) >= 11 is 0. The summed E-state index contributed by atoms with van der Waals surface area (Å²) in [5, 5.41) is 0. The van der Waals surface area contributed by atoms with Crippen molar-refractivity contribution in [3.63, 3.8) is 0 Å². The van der Waals surface area contributed by atoms with Gasteiger partial charge in [0.15, 0.2) is 18.1 Å². The second kappa shape index (κ2) is 5.55. The Morgan fingerprint density at radius 2 is 2.07 bits per heavy atom. The van der Waals surface area contributed by atoms with Crippen LogP contribution in [-0.2, 0) is 4.74 Å². The minimum atomic E-state index is -0.850. The molecule has 78 valence electrons. The molecule has 0 atom stereocenters. The zero-order valence-electron chi connectivity index (χ0n) is 8.23. The van der Waals surface area contributed by atoms with Crippen molar-refractivity contribution >= 4 is 6.16 Å². The number of methoxy groups -OCH3 is 1. The molecule has 1 aromatic carbocycles. The third-order valence-corrected chi connectivity index (χ3v) is 1.54. The molecule has 0 spiro atoms. The van der Waals surface area contributed by atoms with E-state index >= 15 is 0 Å². The minimum Gasteiger partial charge on any atom is -0.493 e. The number of ether oxygens (including phenoxy) is 3. The molecule has 4 heteroatoms. The largest absolute Gasteiger partial charge is 0.514 e. The fourth-order valence-corrected chi connectivity index (χ4v) is 0.923. The van der Waals surface area contributed by atoms with Crippen LogP contribution in [0, 0.1) is 12.3 Å². The Hall–Kier alpha value is -2.15. The summed E-state index contributed by atoms with van der Waals surface area (Å²) in [4.78, 5) is 11.0. The van der Waals surface area contributed by atoms with Gasteiger partial charge in [0.2, 0.25) is 0 Å². The summed E-state index contributed by atoms with van der Waals surface area (Å²) < 4.78 is 14.4. The first kappa shape index (κ1) is 10.9. The molecule has 4 nitrogen and oxygen atoms in total. The van der Waals surface area contributed by atoms with Crippen molar-refractivity contribution in [3.8, 4) is 23.8 Å². The predicted molar refractivity (Wildman–Crippen MR) is 53.8 cm³/mol. The molecule has 0 saturated heterocycles. The van der Waals surface area contributed by atoms with Crippen LogP contribution in [0.1, 0.15) is 0 Å². The van der Waals surface area contributed by atoms with Crippen molar-refractivity contribution in [1.29, 1.82) is 0 Å². The highest BCUT2D eigenvalue weighted by atomic mass is 16.7. The molecule has 0 aliphatic heterocycles. The Morgan fingerprint density at radius 3 is 2.67 bits per heavy atom. The third-order valence-electron chi connectivity index (χ3n) is 1.54. The van der Waals surface area contributed by atoms with Gasteiger partial charge < -0.3 is 14.2 Å². The van der Waals surface area contributed by atoms with Crippen LogP contribution in [0.5, 0.6) is 11.5 Å². The van der Waals surface area contributed by atoms with Crippen molar-refractivity contribution in [3.05, 3.63) is 24.3 Å². The highest BCUT2D eigenvalue weighted by Gasteiger charge is 2.09. The van der Waals surface area contributed by atoms with Gasteiger partial charge in [-0.1, -0.05) is 18.1 Å². The van der Waals surface area contributed by atoms with Gasteiger partial charge in [-0.25, -0.2) is 4.79 Å². The maximum Gasteiger partial charge on any atom is 0.514 e. The fourth-order valence-electron chi connectivity index (χ4n) is 0.923. The van der Waals surface area contributed by atoms with E-state index in [1.165, 1.54) is 7.11 Å². The first-order valence-corrected chi connectivity index (χ1v) is 4.19. The van der Waals surface area contributed by atoms with Crippen molar-refractivity contribution in [2.45, 2.75) is 0 Å². The van der Waals surface area contributed by atoms with Gasteiger partial charge in [0, 0.05) is 0 Å². The normalized spacial score (nSPS) is 8.80. The van der Waals surface area contributed by atoms with Crippen LogP contribution in [0.4, 0.5) is 4.79 Å². The standard InChI is InChI=1S/C11H10O4/c1-3-8-14-11(12)15-10-7-5-4-6-9(10)13-2/h1,4-7H,8H2,2H3. The lowest BCUT2D eigenvalue weighted by Crippen LogP contribution is -2.11. The highest BCUT2D eigenvalue weighted by Crippen LogP contribution is 2.25. The SMILES string of the molecule is C#CCOC(=O)Oc1ccccc1OC. The Labute approximate surface area is 87.8 Å². The molecule has 0 radical (unpaired) electrons. The van der Waals surface area contributed by atoms with E-state index in [1.54, 1.807) is 24.3 Å². The molecule has 0 N–H and O–H groups in total. The van der Waals surface area contributed by atoms with Crippen LogP contribution in [0.3, 0.4) is 0 Å². The molecular weight excluding hydrogens is 196 g/mol. The van der Waals surface area contributed by atoms with Gasteiger partial charge in [0.1, 0.15) is 0 Å². The second-order valence-electron chi connectivity index (χ2n) is 2.50. The molecule has 0 aliphatic rings. The Bertz CT molecular complexity index is 378. The Balaban J connectivity index is 2.64. The second-order valence-corrected chi connectivity index (χ2v) is 2.50. The number of benzene rings is 1. The number of carbonyl (C=O) groups excluding carboxylic acids is 1. The minimum absolute atomic E-state index is 0.117. The zero-order chi connectivity index (χ0) is 11.1. The smallest absolute Gasteiger partial charge is 0.493 e. The molecule has 0 aliphatic carbocycles. The zero-order valence-corrected chi connectivity index (χ0v) is 8.23. The molecule has 0 amide bonds. The van der Waals surface area contributed by atoms with E-state index in [0.717, 1.165) is 0 Å². The van der Waals surface area contributed by atoms with Gasteiger partial charge in [0.25, 0.3) is 0 Å². The molecule has 0 aromatic heterocycles. The molecule has 15 heavy (non-hydrogen) atoms. The van der Waals surface area contributed by atoms with Gasteiger partial charge in [0.05, 0.1) is 7.11 Å². The number of rotatable bonds is 3. The lowest BCUT2D eigenvalue weighted by atomic mass is 10.3. The molecule has 1 aromatic rings. The quantitative estimate of drug-likeness (QED) is 0.430. The molecule has 0 unspecified atom stereocenters. The molecule has 0 bridgehead atoms. The van der Waals surface area contributed by atoms with E-state index in [2.05, 4.69) is 10.7 Å². The van der Waals surface area contributed by atoms with E-state index in [0.29, 0.717) is 11.5 Å². The van der Waals surface area contributed by atoms with E-state index in [1.807, 2.05) is 0 Å². The summed E-state index contributed by atoms with van der Waals surface area (Å²) in [5.41, 5.74) is 0. The van der Waals surface area contributed by atoms with Crippen LogP contribution in [0.25, 0.3) is 0 Å². The maximum absolute atomic E-state index is 11.0. The highest BCUT2D eigenvalue weighted by molar-refractivity contribution is 5.65. The van der Waals surface area contributed by atoms with Crippen LogP contribution in [0.15, 0.2) is 24.3 Å². The maximum atomic E-state index is 11.0. The number of hydrogen-bond acceptors (Lipinski definition) is 4. The summed E-state index contributed by atoms with van der Waals surface area (Å²) in [6, 6.07) is 6.74. The van der Waals surface area contributed by atoms with Gasteiger partial charge in [-0.3, -0.25) is 0 Å². The van der Waals surface area contributed by atoms with Crippen LogP contribution in [0.2, 0.25) is 0 Å². The number of terminal acetylenes is 1. The molecule has 0 fully saturated rings. The van der Waals surface area contributed by atoms with Gasteiger partial charge >= 0.3 is 6.16 Å². The van der Waals surface area contributed by atoms with Crippen molar-refractivity contribution in [1.82, 2.24) is 0 Å². The average molecular weight is 206 g/mol. The van der Waals surface area contributed by atoms with E-state index in [9.17, 15) is 4.79 Å². The summed E-state index contributed by atoms with van der Waals surface area (Å²) in [5.74, 6) is 2.91. The fraction of sp³-hybridized carbons (Fsp3) is 0.182. The van der Waals surface area contributed by atoms with E-state index in [-0.39, 0.29) is 6.61 Å². The van der Waals surface area contributed by atoms with Gasteiger partial charge in [-0.2, -0.15) is 0 Å².